The first-order valence-corrected chi connectivity index (χ1v) is 10.6. The SMILES string of the molecule is CCNC(=NCC(c1cccs1)N1CCOCC1)NCC(O)c1ccncc1.I. The molecule has 0 bridgehead atoms. The van der Waals surface area contributed by atoms with Gasteiger partial charge < -0.3 is 20.5 Å². The van der Waals surface area contributed by atoms with Crippen LogP contribution in [0.1, 0.15) is 29.5 Å². The minimum Gasteiger partial charge on any atom is -0.387 e. The Morgan fingerprint density at radius 1 is 1.28 bits per heavy atom. The molecule has 3 rings (SSSR count). The molecular formula is C20H30IN5O2S. The van der Waals surface area contributed by atoms with Crippen LogP contribution in [0, 0.1) is 0 Å². The van der Waals surface area contributed by atoms with Gasteiger partial charge in [0.25, 0.3) is 0 Å². The van der Waals surface area contributed by atoms with Gasteiger partial charge in [-0.1, -0.05) is 6.07 Å². The van der Waals surface area contributed by atoms with Gasteiger partial charge in [0, 0.05) is 43.4 Å². The van der Waals surface area contributed by atoms with Crippen LogP contribution in [-0.4, -0.2) is 66.9 Å². The van der Waals surface area contributed by atoms with Crippen LogP contribution < -0.4 is 10.6 Å². The van der Waals surface area contributed by atoms with E-state index in [-0.39, 0.29) is 30.0 Å². The summed E-state index contributed by atoms with van der Waals surface area (Å²) >= 11 is 1.77. The minimum absolute atomic E-state index is 0. The number of thiophene rings is 1. The lowest BCUT2D eigenvalue weighted by molar-refractivity contribution is 0.0186. The number of nitrogens with zero attached hydrogens (tertiary/aromatic N) is 3. The lowest BCUT2D eigenvalue weighted by Crippen LogP contribution is -2.42. The number of aliphatic hydroxyl groups excluding tert-OH is 1. The highest BCUT2D eigenvalue weighted by Crippen LogP contribution is 2.26. The molecule has 1 saturated heterocycles. The zero-order valence-corrected chi connectivity index (χ0v) is 19.8. The summed E-state index contributed by atoms with van der Waals surface area (Å²) in [7, 11) is 0. The second kappa shape index (κ2) is 13.1. The molecule has 2 unspecified atom stereocenters. The zero-order chi connectivity index (χ0) is 19.6. The van der Waals surface area contributed by atoms with Crippen molar-refractivity contribution >= 4 is 41.3 Å². The van der Waals surface area contributed by atoms with Gasteiger partial charge in [0.05, 0.1) is 31.9 Å². The Morgan fingerprint density at radius 3 is 2.69 bits per heavy atom. The molecule has 1 fully saturated rings. The fourth-order valence-electron chi connectivity index (χ4n) is 3.17. The number of morpholine rings is 1. The molecule has 160 valence electrons. The van der Waals surface area contributed by atoms with Gasteiger partial charge in [-0.3, -0.25) is 14.9 Å². The molecule has 3 N–H and O–H groups in total. The summed E-state index contributed by atoms with van der Waals surface area (Å²) in [4.78, 5) is 12.6. The van der Waals surface area contributed by atoms with Gasteiger partial charge in [-0.2, -0.15) is 0 Å². The second-order valence-electron chi connectivity index (χ2n) is 6.58. The van der Waals surface area contributed by atoms with Crippen LogP contribution in [0.4, 0.5) is 0 Å². The second-order valence-corrected chi connectivity index (χ2v) is 7.56. The Labute approximate surface area is 193 Å². The number of rotatable bonds is 8. The lowest BCUT2D eigenvalue weighted by Gasteiger charge is -2.33. The maximum Gasteiger partial charge on any atom is 0.191 e. The number of hydrogen-bond acceptors (Lipinski definition) is 6. The third-order valence-electron chi connectivity index (χ3n) is 4.68. The van der Waals surface area contributed by atoms with Crippen molar-refractivity contribution in [2.75, 3.05) is 45.9 Å². The summed E-state index contributed by atoms with van der Waals surface area (Å²) < 4.78 is 5.51. The van der Waals surface area contributed by atoms with Gasteiger partial charge in [-0.25, -0.2) is 0 Å². The van der Waals surface area contributed by atoms with E-state index in [1.165, 1.54) is 4.88 Å². The number of aliphatic imine (C=N–C) groups is 1. The summed E-state index contributed by atoms with van der Waals surface area (Å²) in [5, 5.41) is 19.0. The monoisotopic (exact) mass is 531 g/mol. The van der Waals surface area contributed by atoms with Crippen molar-refractivity contribution in [1.29, 1.82) is 0 Å². The van der Waals surface area contributed by atoms with E-state index in [1.807, 2.05) is 19.1 Å². The Kier molecular flexibility index (Phi) is 10.9. The summed E-state index contributed by atoms with van der Waals surface area (Å²) in [6.07, 6.45) is 2.76. The number of pyridine rings is 1. The Bertz CT molecular complexity index is 711. The molecule has 7 nitrogen and oxygen atoms in total. The van der Waals surface area contributed by atoms with Crippen molar-refractivity contribution < 1.29 is 9.84 Å². The molecule has 9 heteroatoms. The number of aliphatic hydroxyl groups is 1. The van der Waals surface area contributed by atoms with Crippen LogP contribution in [0.3, 0.4) is 0 Å². The van der Waals surface area contributed by atoms with E-state index in [9.17, 15) is 5.11 Å². The molecule has 0 aliphatic carbocycles. The molecule has 1 aliphatic rings. The standard InChI is InChI=1S/C20H29N5O2S.HI/c1-2-22-20(24-15-18(26)16-5-7-21-8-6-16)23-14-17(19-4-3-13-28-19)25-9-11-27-12-10-25;/h3-8,13,17-18,26H,2,9-12,14-15H2,1H3,(H2,22,23,24);1H. The van der Waals surface area contributed by atoms with Crippen molar-refractivity contribution in [3.8, 4) is 0 Å². The topological polar surface area (TPSA) is 82.0 Å². The number of hydrogen-bond donors (Lipinski definition) is 3. The Morgan fingerprint density at radius 2 is 2.03 bits per heavy atom. The largest absolute Gasteiger partial charge is 0.387 e. The molecule has 0 saturated carbocycles. The third-order valence-corrected chi connectivity index (χ3v) is 5.65. The molecule has 29 heavy (non-hydrogen) atoms. The number of ether oxygens (including phenoxy) is 1. The fourth-order valence-corrected chi connectivity index (χ4v) is 4.02. The van der Waals surface area contributed by atoms with Crippen molar-refractivity contribution in [2.45, 2.75) is 19.1 Å². The average molecular weight is 531 g/mol. The van der Waals surface area contributed by atoms with Crippen LogP contribution in [-0.2, 0) is 4.74 Å². The number of aromatic nitrogens is 1. The van der Waals surface area contributed by atoms with E-state index < -0.39 is 6.10 Å². The molecule has 2 aromatic heterocycles. The molecule has 0 radical (unpaired) electrons. The molecular weight excluding hydrogens is 501 g/mol. The molecule has 2 atom stereocenters. The average Bonchev–Trinajstić information content (AvgIpc) is 3.28. The van der Waals surface area contributed by atoms with Crippen LogP contribution in [0.2, 0.25) is 0 Å². The number of guanidine groups is 1. The lowest BCUT2D eigenvalue weighted by atomic mass is 10.1. The highest BCUT2D eigenvalue weighted by atomic mass is 127. The van der Waals surface area contributed by atoms with Gasteiger partial charge in [0.1, 0.15) is 0 Å². The first-order chi connectivity index (χ1) is 13.8. The minimum atomic E-state index is -0.612. The van der Waals surface area contributed by atoms with Crippen molar-refractivity contribution in [2.24, 2.45) is 4.99 Å². The van der Waals surface area contributed by atoms with Crippen molar-refractivity contribution in [3.63, 3.8) is 0 Å². The van der Waals surface area contributed by atoms with E-state index in [0.717, 1.165) is 38.4 Å². The maximum absolute atomic E-state index is 10.4. The predicted molar refractivity (Wildman–Crippen MR) is 128 cm³/mol. The summed E-state index contributed by atoms with van der Waals surface area (Å²) in [6.45, 7) is 7.21. The highest BCUT2D eigenvalue weighted by Gasteiger charge is 2.23. The van der Waals surface area contributed by atoms with Gasteiger partial charge in [0.2, 0.25) is 0 Å². The van der Waals surface area contributed by atoms with Gasteiger partial charge in [-0.15, -0.1) is 35.3 Å². The quantitative estimate of drug-likeness (QED) is 0.276. The van der Waals surface area contributed by atoms with Crippen molar-refractivity contribution in [3.05, 3.63) is 52.5 Å². The van der Waals surface area contributed by atoms with Gasteiger partial charge >= 0.3 is 0 Å². The van der Waals surface area contributed by atoms with E-state index in [2.05, 4.69) is 38.0 Å². The van der Waals surface area contributed by atoms with Crippen LogP contribution in [0.25, 0.3) is 0 Å². The Balaban J connectivity index is 0.00000300. The zero-order valence-electron chi connectivity index (χ0n) is 16.7. The van der Waals surface area contributed by atoms with Crippen LogP contribution in [0.5, 0.6) is 0 Å². The summed E-state index contributed by atoms with van der Waals surface area (Å²) in [5.41, 5.74) is 0.836. The molecule has 3 heterocycles. The molecule has 2 aromatic rings. The summed E-state index contributed by atoms with van der Waals surface area (Å²) in [6, 6.07) is 8.15. The van der Waals surface area contributed by atoms with Gasteiger partial charge in [0.15, 0.2) is 5.96 Å². The molecule has 1 aliphatic heterocycles. The Hall–Kier alpha value is -1.27. The molecule has 0 spiro atoms. The van der Waals surface area contributed by atoms with Crippen molar-refractivity contribution in [1.82, 2.24) is 20.5 Å². The summed E-state index contributed by atoms with van der Waals surface area (Å²) in [5.74, 6) is 0.713. The van der Waals surface area contributed by atoms with E-state index >= 15 is 0 Å². The molecule has 0 aromatic carbocycles. The van der Waals surface area contributed by atoms with E-state index in [1.54, 1.807) is 23.7 Å². The predicted octanol–water partition coefficient (Wildman–Crippen LogP) is 2.42. The highest BCUT2D eigenvalue weighted by molar-refractivity contribution is 14.0. The fraction of sp³-hybridized carbons (Fsp3) is 0.500. The number of nitrogens with one attached hydrogen (secondary N) is 2. The number of halogens is 1. The third kappa shape index (κ3) is 7.49. The van der Waals surface area contributed by atoms with E-state index in [4.69, 9.17) is 9.73 Å². The normalized spacial score (nSPS) is 17.2. The first-order valence-electron chi connectivity index (χ1n) is 9.73. The van der Waals surface area contributed by atoms with Crippen LogP contribution in [0.15, 0.2) is 47.0 Å². The van der Waals surface area contributed by atoms with E-state index in [0.29, 0.717) is 19.0 Å². The first kappa shape index (κ1) is 24.0. The molecule has 0 amide bonds. The van der Waals surface area contributed by atoms with Gasteiger partial charge in [-0.05, 0) is 36.1 Å². The smallest absolute Gasteiger partial charge is 0.191 e. The van der Waals surface area contributed by atoms with Crippen LogP contribution >= 0.6 is 35.3 Å². The maximum atomic E-state index is 10.4.